The molecule has 1 aliphatic heterocycles. The van der Waals surface area contributed by atoms with Crippen LogP contribution in [0.2, 0.25) is 0 Å². The number of piperidine rings is 1. The molecule has 1 saturated heterocycles. The van der Waals surface area contributed by atoms with Crippen LogP contribution in [0.3, 0.4) is 0 Å². The van der Waals surface area contributed by atoms with E-state index >= 15 is 0 Å². The lowest BCUT2D eigenvalue weighted by atomic mass is 9.99. The Morgan fingerprint density at radius 2 is 2.14 bits per heavy atom. The number of carbonyl (C=O) groups is 2. The van der Waals surface area contributed by atoms with Crippen LogP contribution >= 0.6 is 0 Å². The SMILES string of the molecule is NC(=O)CN1CCCCC1CC(=O)O. The molecule has 0 saturated carbocycles. The fraction of sp³-hybridized carbons (Fsp3) is 0.778. The Morgan fingerprint density at radius 3 is 2.71 bits per heavy atom. The molecule has 80 valence electrons. The van der Waals surface area contributed by atoms with Crippen LogP contribution in [0, 0.1) is 0 Å². The number of aliphatic carboxylic acids is 1. The van der Waals surface area contributed by atoms with E-state index in [2.05, 4.69) is 0 Å². The molecule has 0 aromatic rings. The normalized spacial score (nSPS) is 23.3. The Morgan fingerprint density at radius 1 is 1.43 bits per heavy atom. The third kappa shape index (κ3) is 3.33. The molecule has 1 aliphatic rings. The van der Waals surface area contributed by atoms with Crippen molar-refractivity contribution in [3.8, 4) is 0 Å². The highest BCUT2D eigenvalue weighted by molar-refractivity contribution is 5.76. The van der Waals surface area contributed by atoms with E-state index in [1.54, 1.807) is 0 Å². The zero-order valence-electron chi connectivity index (χ0n) is 8.11. The van der Waals surface area contributed by atoms with E-state index in [0.29, 0.717) is 0 Å². The highest BCUT2D eigenvalue weighted by Crippen LogP contribution is 2.18. The minimum absolute atomic E-state index is 0.0197. The highest BCUT2D eigenvalue weighted by Gasteiger charge is 2.25. The number of amides is 1. The third-order valence-corrected chi connectivity index (χ3v) is 2.52. The summed E-state index contributed by atoms with van der Waals surface area (Å²) in [5.41, 5.74) is 5.09. The molecule has 1 atom stereocenters. The molecule has 1 heterocycles. The monoisotopic (exact) mass is 200 g/mol. The Balaban J connectivity index is 2.49. The molecular formula is C9H16N2O3. The predicted octanol–water partition coefficient (Wildman–Crippen LogP) is -0.199. The second-order valence-electron chi connectivity index (χ2n) is 3.68. The fourth-order valence-electron chi connectivity index (χ4n) is 1.90. The van der Waals surface area contributed by atoms with Gasteiger partial charge in [0.2, 0.25) is 5.91 Å². The molecule has 1 unspecified atom stereocenters. The van der Waals surface area contributed by atoms with E-state index in [1.807, 2.05) is 4.90 Å². The number of hydrogen-bond acceptors (Lipinski definition) is 3. The molecule has 0 aromatic heterocycles. The fourth-order valence-corrected chi connectivity index (χ4v) is 1.90. The maximum absolute atomic E-state index is 10.7. The van der Waals surface area contributed by atoms with E-state index in [1.165, 1.54) is 0 Å². The summed E-state index contributed by atoms with van der Waals surface area (Å²) in [5, 5.41) is 8.67. The standard InChI is InChI=1S/C9H16N2O3/c10-8(12)6-11-4-2-1-3-7(11)5-9(13)14/h7H,1-6H2,(H2,10,12)(H,13,14). The number of carboxylic acids is 1. The first-order chi connectivity index (χ1) is 6.59. The zero-order valence-corrected chi connectivity index (χ0v) is 8.11. The lowest BCUT2D eigenvalue weighted by Crippen LogP contribution is -2.45. The van der Waals surface area contributed by atoms with Crippen molar-refractivity contribution in [2.24, 2.45) is 5.73 Å². The van der Waals surface area contributed by atoms with Gasteiger partial charge in [-0.1, -0.05) is 6.42 Å². The summed E-state index contributed by atoms with van der Waals surface area (Å²) in [5.74, 6) is -1.20. The number of likely N-dealkylation sites (tertiary alicyclic amines) is 1. The molecule has 1 fully saturated rings. The van der Waals surface area contributed by atoms with E-state index in [0.717, 1.165) is 25.8 Å². The van der Waals surface area contributed by atoms with Crippen molar-refractivity contribution in [3.63, 3.8) is 0 Å². The summed E-state index contributed by atoms with van der Waals surface area (Å²) in [6.45, 7) is 0.957. The smallest absolute Gasteiger partial charge is 0.304 e. The van der Waals surface area contributed by atoms with Crippen LogP contribution in [-0.4, -0.2) is 41.0 Å². The molecule has 0 spiro atoms. The number of carbonyl (C=O) groups excluding carboxylic acids is 1. The first-order valence-corrected chi connectivity index (χ1v) is 4.83. The van der Waals surface area contributed by atoms with Crippen molar-refractivity contribution in [2.45, 2.75) is 31.7 Å². The zero-order chi connectivity index (χ0) is 10.6. The van der Waals surface area contributed by atoms with Crippen molar-refractivity contribution in [2.75, 3.05) is 13.1 Å². The van der Waals surface area contributed by atoms with Crippen LogP contribution in [-0.2, 0) is 9.59 Å². The van der Waals surface area contributed by atoms with Crippen LogP contribution in [0.1, 0.15) is 25.7 Å². The average Bonchev–Trinajstić information content (AvgIpc) is 2.06. The number of rotatable bonds is 4. The molecule has 5 heteroatoms. The van der Waals surface area contributed by atoms with E-state index in [4.69, 9.17) is 10.8 Å². The summed E-state index contributed by atoms with van der Waals surface area (Å²) < 4.78 is 0. The Hall–Kier alpha value is -1.10. The second-order valence-corrected chi connectivity index (χ2v) is 3.68. The minimum Gasteiger partial charge on any atom is -0.481 e. The molecule has 0 aromatic carbocycles. The van der Waals surface area contributed by atoms with Crippen LogP contribution < -0.4 is 5.73 Å². The van der Waals surface area contributed by atoms with Gasteiger partial charge in [0.15, 0.2) is 0 Å². The van der Waals surface area contributed by atoms with Gasteiger partial charge in [0.25, 0.3) is 0 Å². The van der Waals surface area contributed by atoms with Crippen molar-refractivity contribution in [1.29, 1.82) is 0 Å². The Kier molecular flexibility index (Phi) is 3.88. The van der Waals surface area contributed by atoms with E-state index < -0.39 is 5.97 Å². The van der Waals surface area contributed by atoms with Crippen LogP contribution in [0.15, 0.2) is 0 Å². The average molecular weight is 200 g/mol. The molecule has 1 amide bonds. The second kappa shape index (κ2) is 4.95. The van der Waals surface area contributed by atoms with Gasteiger partial charge < -0.3 is 10.8 Å². The minimum atomic E-state index is -0.814. The first kappa shape index (κ1) is 11.0. The lowest BCUT2D eigenvalue weighted by molar-refractivity contribution is -0.139. The number of nitrogens with zero attached hydrogens (tertiary/aromatic N) is 1. The molecule has 3 N–H and O–H groups in total. The Bertz CT molecular complexity index is 206. The number of primary amides is 1. The van der Waals surface area contributed by atoms with Crippen LogP contribution in [0.25, 0.3) is 0 Å². The topological polar surface area (TPSA) is 83.6 Å². The summed E-state index contributed by atoms with van der Waals surface area (Å²) in [4.78, 5) is 23.2. The van der Waals surface area contributed by atoms with Crippen LogP contribution in [0.5, 0.6) is 0 Å². The van der Waals surface area contributed by atoms with Crippen LogP contribution in [0.4, 0.5) is 0 Å². The van der Waals surface area contributed by atoms with Gasteiger partial charge in [0.05, 0.1) is 13.0 Å². The van der Waals surface area contributed by atoms with Gasteiger partial charge in [-0.05, 0) is 19.4 Å². The largest absolute Gasteiger partial charge is 0.481 e. The quantitative estimate of drug-likeness (QED) is 0.658. The molecule has 1 rings (SSSR count). The number of carboxylic acid groups (broad SMARTS) is 1. The van der Waals surface area contributed by atoms with Gasteiger partial charge in [-0.25, -0.2) is 0 Å². The third-order valence-electron chi connectivity index (χ3n) is 2.52. The lowest BCUT2D eigenvalue weighted by Gasteiger charge is -2.33. The van der Waals surface area contributed by atoms with E-state index in [9.17, 15) is 9.59 Å². The Labute approximate surface area is 82.9 Å². The molecule has 0 radical (unpaired) electrons. The molecule has 14 heavy (non-hydrogen) atoms. The molecule has 0 bridgehead atoms. The number of nitrogens with two attached hydrogens (primary N) is 1. The van der Waals surface area contributed by atoms with Crippen molar-refractivity contribution >= 4 is 11.9 Å². The van der Waals surface area contributed by atoms with Gasteiger partial charge in [-0.2, -0.15) is 0 Å². The maximum Gasteiger partial charge on any atom is 0.304 e. The summed E-state index contributed by atoms with van der Waals surface area (Å²) in [6, 6.07) is -0.0197. The van der Waals surface area contributed by atoms with Gasteiger partial charge in [-0.3, -0.25) is 14.5 Å². The summed E-state index contributed by atoms with van der Waals surface area (Å²) >= 11 is 0. The van der Waals surface area contributed by atoms with Gasteiger partial charge >= 0.3 is 5.97 Å². The molecular weight excluding hydrogens is 184 g/mol. The summed E-state index contributed by atoms with van der Waals surface area (Å²) in [6.07, 6.45) is 3.00. The van der Waals surface area contributed by atoms with Crippen molar-refractivity contribution in [1.82, 2.24) is 4.90 Å². The molecule has 5 nitrogen and oxygen atoms in total. The van der Waals surface area contributed by atoms with E-state index in [-0.39, 0.29) is 24.9 Å². The predicted molar refractivity (Wildman–Crippen MR) is 50.7 cm³/mol. The van der Waals surface area contributed by atoms with Gasteiger partial charge in [0.1, 0.15) is 0 Å². The molecule has 0 aliphatic carbocycles. The van der Waals surface area contributed by atoms with Crippen molar-refractivity contribution < 1.29 is 14.7 Å². The number of hydrogen-bond donors (Lipinski definition) is 2. The highest BCUT2D eigenvalue weighted by atomic mass is 16.4. The first-order valence-electron chi connectivity index (χ1n) is 4.83. The maximum atomic E-state index is 10.7. The van der Waals surface area contributed by atoms with Gasteiger partial charge in [0, 0.05) is 6.04 Å². The van der Waals surface area contributed by atoms with Crippen molar-refractivity contribution in [3.05, 3.63) is 0 Å². The van der Waals surface area contributed by atoms with Gasteiger partial charge in [-0.15, -0.1) is 0 Å². The summed E-state index contributed by atoms with van der Waals surface area (Å²) in [7, 11) is 0.